The summed E-state index contributed by atoms with van der Waals surface area (Å²) in [5.74, 6) is 1.61. The van der Waals surface area contributed by atoms with E-state index in [0.717, 1.165) is 11.3 Å². The Morgan fingerprint density at radius 2 is 1.86 bits per heavy atom. The van der Waals surface area contributed by atoms with Crippen LogP contribution in [0.3, 0.4) is 0 Å². The van der Waals surface area contributed by atoms with Crippen LogP contribution in [0.25, 0.3) is 23.0 Å². The Hall–Kier alpha value is -1.92. The molecule has 0 atom stereocenters. The van der Waals surface area contributed by atoms with Crippen LogP contribution in [0, 0.1) is 6.92 Å². The maximum atomic E-state index is 6.14. The Morgan fingerprint density at radius 3 is 2.59 bits per heavy atom. The summed E-state index contributed by atoms with van der Waals surface area (Å²) in [5.41, 5.74) is 2.49. The first-order chi connectivity index (χ1) is 10.7. The van der Waals surface area contributed by atoms with Gasteiger partial charge in [-0.3, -0.25) is 0 Å². The second-order valence-corrected chi connectivity index (χ2v) is 6.20. The van der Waals surface area contributed by atoms with Crippen molar-refractivity contribution in [3.63, 3.8) is 0 Å². The summed E-state index contributed by atoms with van der Waals surface area (Å²) in [7, 11) is 0. The van der Waals surface area contributed by atoms with Gasteiger partial charge in [-0.2, -0.15) is 0 Å². The van der Waals surface area contributed by atoms with Crippen LogP contribution in [0.1, 0.15) is 12.5 Å². The lowest BCUT2D eigenvalue weighted by molar-refractivity contribution is 0.581. The van der Waals surface area contributed by atoms with Crippen molar-refractivity contribution in [2.24, 2.45) is 0 Å². The van der Waals surface area contributed by atoms with Crippen LogP contribution in [-0.2, 0) is 0 Å². The minimum Gasteiger partial charge on any atom is -0.415 e. The highest BCUT2D eigenvalue weighted by Gasteiger charge is 2.16. The molecule has 0 aliphatic carbocycles. The molecule has 5 nitrogen and oxygen atoms in total. The van der Waals surface area contributed by atoms with Crippen LogP contribution < -0.4 is 0 Å². The van der Waals surface area contributed by atoms with Gasteiger partial charge in [0.1, 0.15) is 0 Å². The Kier molecular flexibility index (Phi) is 4.40. The third-order valence-electron chi connectivity index (χ3n) is 2.92. The second-order valence-electron chi connectivity index (χ2n) is 4.56. The summed E-state index contributed by atoms with van der Waals surface area (Å²) >= 11 is 7.67. The summed E-state index contributed by atoms with van der Waals surface area (Å²) in [4.78, 5) is 8.54. The van der Waals surface area contributed by atoms with Crippen molar-refractivity contribution >= 4 is 23.4 Å². The van der Waals surface area contributed by atoms with E-state index in [-0.39, 0.29) is 0 Å². The van der Waals surface area contributed by atoms with E-state index in [2.05, 4.69) is 20.2 Å². The molecular weight excluding hydrogens is 320 g/mol. The van der Waals surface area contributed by atoms with Gasteiger partial charge in [0.15, 0.2) is 10.9 Å². The van der Waals surface area contributed by atoms with E-state index in [1.807, 2.05) is 38.1 Å². The van der Waals surface area contributed by atoms with Crippen molar-refractivity contribution in [2.75, 3.05) is 5.75 Å². The van der Waals surface area contributed by atoms with Crippen LogP contribution in [0.15, 0.2) is 40.0 Å². The minimum atomic E-state index is 0.293. The molecule has 0 amide bonds. The van der Waals surface area contributed by atoms with Crippen LogP contribution in [0.2, 0.25) is 5.02 Å². The van der Waals surface area contributed by atoms with Crippen molar-refractivity contribution in [1.29, 1.82) is 0 Å². The summed E-state index contributed by atoms with van der Waals surface area (Å²) in [6.45, 7) is 4.06. The molecule has 0 aliphatic heterocycles. The monoisotopic (exact) mass is 332 g/mol. The summed E-state index contributed by atoms with van der Waals surface area (Å²) in [5, 5.41) is 9.14. The number of hydrogen-bond acceptors (Lipinski definition) is 6. The SMILES string of the molecule is CCSc1ncc(Cl)c(-c2nnc(-c3ccc(C)cc3)o2)n1. The summed E-state index contributed by atoms with van der Waals surface area (Å²) in [6.07, 6.45) is 1.55. The number of benzene rings is 1. The Bertz CT molecular complexity index is 788. The number of rotatable bonds is 4. The first-order valence-electron chi connectivity index (χ1n) is 6.73. The van der Waals surface area contributed by atoms with Crippen LogP contribution in [-0.4, -0.2) is 25.9 Å². The zero-order valence-corrected chi connectivity index (χ0v) is 13.6. The normalized spacial score (nSPS) is 10.9. The van der Waals surface area contributed by atoms with E-state index >= 15 is 0 Å². The zero-order chi connectivity index (χ0) is 15.5. The predicted molar refractivity (Wildman–Crippen MR) is 86.9 cm³/mol. The number of thioether (sulfide) groups is 1. The molecule has 3 aromatic rings. The molecule has 22 heavy (non-hydrogen) atoms. The molecule has 7 heteroatoms. The van der Waals surface area contributed by atoms with Gasteiger partial charge in [-0.25, -0.2) is 9.97 Å². The van der Waals surface area contributed by atoms with Crippen molar-refractivity contribution in [3.8, 4) is 23.0 Å². The lowest BCUT2D eigenvalue weighted by Crippen LogP contribution is -1.92. The highest BCUT2D eigenvalue weighted by Crippen LogP contribution is 2.28. The average Bonchev–Trinajstić information content (AvgIpc) is 3.00. The molecule has 0 aliphatic rings. The largest absolute Gasteiger partial charge is 0.415 e. The number of halogens is 1. The number of aromatic nitrogens is 4. The van der Waals surface area contributed by atoms with Crippen LogP contribution in [0.5, 0.6) is 0 Å². The van der Waals surface area contributed by atoms with Gasteiger partial charge in [0.05, 0.1) is 11.2 Å². The van der Waals surface area contributed by atoms with Crippen molar-refractivity contribution in [1.82, 2.24) is 20.2 Å². The Morgan fingerprint density at radius 1 is 1.14 bits per heavy atom. The van der Waals surface area contributed by atoms with E-state index in [1.54, 1.807) is 6.20 Å². The molecule has 0 saturated heterocycles. The molecule has 0 spiro atoms. The predicted octanol–water partition coefficient (Wildman–Crippen LogP) is 4.27. The van der Waals surface area contributed by atoms with Gasteiger partial charge in [-0.15, -0.1) is 10.2 Å². The van der Waals surface area contributed by atoms with Crippen LogP contribution >= 0.6 is 23.4 Å². The van der Waals surface area contributed by atoms with E-state index in [4.69, 9.17) is 16.0 Å². The second kappa shape index (κ2) is 6.46. The van der Waals surface area contributed by atoms with Crippen LogP contribution in [0.4, 0.5) is 0 Å². The van der Waals surface area contributed by atoms with Gasteiger partial charge < -0.3 is 4.42 Å². The van der Waals surface area contributed by atoms with Gasteiger partial charge in [0.25, 0.3) is 5.89 Å². The molecule has 0 radical (unpaired) electrons. The fourth-order valence-electron chi connectivity index (χ4n) is 1.83. The van der Waals surface area contributed by atoms with Crippen molar-refractivity contribution in [3.05, 3.63) is 41.0 Å². The van der Waals surface area contributed by atoms with E-state index in [0.29, 0.717) is 27.7 Å². The lowest BCUT2D eigenvalue weighted by atomic mass is 10.1. The molecule has 0 fully saturated rings. The standard InChI is InChI=1S/C15H13ClN4OS/c1-3-22-15-17-8-11(16)12(18-15)14-20-19-13(21-14)10-6-4-9(2)5-7-10/h4-8H,3H2,1-2H3. The molecule has 0 unspecified atom stereocenters. The first-order valence-corrected chi connectivity index (χ1v) is 8.10. The molecule has 112 valence electrons. The van der Waals surface area contributed by atoms with E-state index in [1.165, 1.54) is 17.3 Å². The Balaban J connectivity index is 1.96. The van der Waals surface area contributed by atoms with Gasteiger partial charge in [-0.1, -0.05) is 48.0 Å². The maximum absolute atomic E-state index is 6.14. The number of nitrogens with zero attached hydrogens (tertiary/aromatic N) is 4. The summed E-state index contributed by atoms with van der Waals surface area (Å²) < 4.78 is 5.70. The first kappa shape index (κ1) is 15.0. The third kappa shape index (κ3) is 3.13. The smallest absolute Gasteiger partial charge is 0.268 e. The minimum absolute atomic E-state index is 0.293. The molecule has 2 heterocycles. The third-order valence-corrected chi connectivity index (χ3v) is 3.94. The molecule has 3 rings (SSSR count). The fourth-order valence-corrected chi connectivity index (χ4v) is 2.54. The summed E-state index contributed by atoms with van der Waals surface area (Å²) in [6, 6.07) is 7.86. The molecule has 2 aromatic heterocycles. The van der Waals surface area contributed by atoms with Gasteiger partial charge in [-0.05, 0) is 24.8 Å². The zero-order valence-electron chi connectivity index (χ0n) is 12.1. The van der Waals surface area contributed by atoms with E-state index in [9.17, 15) is 0 Å². The highest BCUT2D eigenvalue weighted by atomic mass is 35.5. The Labute approximate surface area is 137 Å². The number of hydrogen-bond donors (Lipinski definition) is 0. The quantitative estimate of drug-likeness (QED) is 0.525. The van der Waals surface area contributed by atoms with Crippen molar-refractivity contribution in [2.45, 2.75) is 19.0 Å². The topological polar surface area (TPSA) is 64.7 Å². The van der Waals surface area contributed by atoms with Gasteiger partial charge in [0.2, 0.25) is 5.89 Å². The average molecular weight is 333 g/mol. The van der Waals surface area contributed by atoms with Crippen molar-refractivity contribution < 1.29 is 4.42 Å². The lowest BCUT2D eigenvalue weighted by Gasteiger charge is -2.01. The number of aryl methyl sites for hydroxylation is 1. The maximum Gasteiger partial charge on any atom is 0.268 e. The molecular formula is C15H13ClN4OS. The van der Waals surface area contributed by atoms with Gasteiger partial charge in [0, 0.05) is 5.56 Å². The van der Waals surface area contributed by atoms with Gasteiger partial charge >= 0.3 is 0 Å². The molecule has 1 aromatic carbocycles. The molecule has 0 saturated carbocycles. The fraction of sp³-hybridized carbons (Fsp3) is 0.200. The molecule has 0 bridgehead atoms. The molecule has 0 N–H and O–H groups in total. The highest BCUT2D eigenvalue weighted by molar-refractivity contribution is 7.99. The van der Waals surface area contributed by atoms with E-state index < -0.39 is 0 Å².